The zero-order valence-corrected chi connectivity index (χ0v) is 8.55. The lowest BCUT2D eigenvalue weighted by Gasteiger charge is -2.16. The second kappa shape index (κ2) is 7.22. The van der Waals surface area contributed by atoms with Gasteiger partial charge in [0.2, 0.25) is 0 Å². The Labute approximate surface area is 89.5 Å². The van der Waals surface area contributed by atoms with Gasteiger partial charge in [0.15, 0.2) is 0 Å². The number of esters is 1. The molecule has 4 nitrogen and oxygen atoms in total. The number of nitrogens with one attached hydrogen (secondary N) is 1. The lowest BCUT2D eigenvalue weighted by Crippen LogP contribution is -2.35. The summed E-state index contributed by atoms with van der Waals surface area (Å²) in [5, 5.41) is 2.87. The number of terminal acetylenes is 1. The first-order valence-electron chi connectivity index (χ1n) is 4.16. The van der Waals surface area contributed by atoms with Crippen LogP contribution in [0.1, 0.15) is 6.42 Å². The summed E-state index contributed by atoms with van der Waals surface area (Å²) >= 11 is 0. The Hall–Kier alpha value is -1.21. The number of hydrogen-bond acceptors (Lipinski definition) is 4. The Morgan fingerprint density at radius 3 is 3.14 bits per heavy atom. The Morgan fingerprint density at radius 1 is 1.79 bits per heavy atom. The van der Waals surface area contributed by atoms with Gasteiger partial charge >= 0.3 is 5.97 Å². The third kappa shape index (κ3) is 4.15. The number of nitrogens with zero attached hydrogens (tertiary/aromatic N) is 1. The van der Waals surface area contributed by atoms with Crippen molar-refractivity contribution in [3.8, 4) is 12.3 Å². The van der Waals surface area contributed by atoms with E-state index in [1.165, 1.54) is 0 Å². The van der Waals surface area contributed by atoms with Gasteiger partial charge in [-0.3, -0.25) is 9.79 Å². The quantitative estimate of drug-likeness (QED) is 0.417. The molecule has 1 N–H and O–H groups in total. The van der Waals surface area contributed by atoms with Crippen LogP contribution in [0.3, 0.4) is 0 Å². The summed E-state index contributed by atoms with van der Waals surface area (Å²) in [6.07, 6.45) is 7.09. The first kappa shape index (κ1) is 12.8. The van der Waals surface area contributed by atoms with E-state index in [9.17, 15) is 4.79 Å². The van der Waals surface area contributed by atoms with E-state index in [0.29, 0.717) is 26.1 Å². The molecule has 0 aromatic heterocycles. The van der Waals surface area contributed by atoms with E-state index >= 15 is 0 Å². The van der Waals surface area contributed by atoms with Crippen LogP contribution in [0, 0.1) is 18.3 Å². The highest BCUT2D eigenvalue weighted by Crippen LogP contribution is 2.02. The number of ether oxygens (including phenoxy) is 1. The maximum atomic E-state index is 11.3. The number of rotatable bonds is 3. The van der Waals surface area contributed by atoms with Crippen molar-refractivity contribution < 1.29 is 9.53 Å². The van der Waals surface area contributed by atoms with E-state index in [1.807, 2.05) is 0 Å². The van der Waals surface area contributed by atoms with Crippen LogP contribution < -0.4 is 5.32 Å². The minimum atomic E-state index is -0.223. The average Bonchev–Trinajstić information content (AvgIpc) is 2.19. The van der Waals surface area contributed by atoms with Crippen LogP contribution in [0.5, 0.6) is 0 Å². The fourth-order valence-electron chi connectivity index (χ4n) is 0.990. The summed E-state index contributed by atoms with van der Waals surface area (Å²) in [5.74, 6) is 2.02. The molecule has 0 bridgehead atoms. The van der Waals surface area contributed by atoms with Gasteiger partial charge in [-0.25, -0.2) is 0 Å². The summed E-state index contributed by atoms with van der Waals surface area (Å²) in [6.45, 7) is 1.40. The van der Waals surface area contributed by atoms with Crippen molar-refractivity contribution in [3.05, 3.63) is 0 Å². The van der Waals surface area contributed by atoms with Crippen molar-refractivity contribution in [2.45, 2.75) is 6.42 Å². The lowest BCUT2D eigenvalue weighted by atomic mass is 10.1. The molecule has 0 spiro atoms. The molecule has 0 saturated carbocycles. The molecule has 0 radical (unpaired) electrons. The van der Waals surface area contributed by atoms with Crippen molar-refractivity contribution in [2.24, 2.45) is 10.9 Å². The van der Waals surface area contributed by atoms with Gasteiger partial charge < -0.3 is 10.1 Å². The van der Waals surface area contributed by atoms with E-state index in [0.717, 1.165) is 0 Å². The van der Waals surface area contributed by atoms with Gasteiger partial charge in [0.1, 0.15) is 6.61 Å². The Morgan fingerprint density at radius 2 is 2.57 bits per heavy atom. The standard InChI is InChI=1S/C9H12N2O2.ClH/c1-2-3-4-13-9(12)8-5-10-7-11-6-8;/h1,7-8H,3-6H2,(H,10,11);1H. The highest BCUT2D eigenvalue weighted by molar-refractivity contribution is 5.85. The average molecular weight is 217 g/mol. The predicted octanol–water partition coefficient (Wildman–Crippen LogP) is 0.222. The van der Waals surface area contributed by atoms with Gasteiger partial charge in [-0.2, -0.15) is 0 Å². The molecular formula is C9H13ClN2O2. The second-order valence-electron chi connectivity index (χ2n) is 2.72. The van der Waals surface area contributed by atoms with E-state index in [2.05, 4.69) is 16.2 Å². The Bertz CT molecular complexity index is 248. The van der Waals surface area contributed by atoms with Crippen LogP contribution in [0.2, 0.25) is 0 Å². The molecule has 0 aromatic carbocycles. The van der Waals surface area contributed by atoms with Gasteiger partial charge in [-0.05, 0) is 0 Å². The van der Waals surface area contributed by atoms with E-state index in [1.54, 1.807) is 6.34 Å². The van der Waals surface area contributed by atoms with Crippen molar-refractivity contribution in [1.82, 2.24) is 5.32 Å². The smallest absolute Gasteiger partial charge is 0.312 e. The highest BCUT2D eigenvalue weighted by atomic mass is 35.5. The molecule has 5 heteroatoms. The van der Waals surface area contributed by atoms with Gasteiger partial charge in [0.05, 0.1) is 18.8 Å². The molecule has 1 aliphatic rings. The number of halogens is 1. The molecule has 0 saturated heterocycles. The number of aliphatic imine (C=N–C) groups is 1. The second-order valence-corrected chi connectivity index (χ2v) is 2.72. The van der Waals surface area contributed by atoms with Crippen LogP contribution in [0.15, 0.2) is 4.99 Å². The van der Waals surface area contributed by atoms with Crippen molar-refractivity contribution in [2.75, 3.05) is 19.7 Å². The first-order valence-corrected chi connectivity index (χ1v) is 4.16. The van der Waals surface area contributed by atoms with Gasteiger partial charge in [0.25, 0.3) is 0 Å². The lowest BCUT2D eigenvalue weighted by molar-refractivity contribution is -0.147. The monoisotopic (exact) mass is 216 g/mol. The van der Waals surface area contributed by atoms with Crippen molar-refractivity contribution in [3.63, 3.8) is 0 Å². The molecule has 0 aliphatic carbocycles. The molecule has 0 aromatic rings. The Balaban J connectivity index is 0.00000169. The van der Waals surface area contributed by atoms with Crippen LogP contribution >= 0.6 is 12.4 Å². The Kier molecular flexibility index (Phi) is 6.59. The van der Waals surface area contributed by atoms with E-state index in [-0.39, 0.29) is 24.3 Å². The topological polar surface area (TPSA) is 50.7 Å². The predicted molar refractivity (Wildman–Crippen MR) is 56.5 cm³/mol. The fraction of sp³-hybridized carbons (Fsp3) is 0.556. The summed E-state index contributed by atoms with van der Waals surface area (Å²) in [5.41, 5.74) is 0. The minimum absolute atomic E-state index is 0. The minimum Gasteiger partial charge on any atom is -0.464 e. The summed E-state index contributed by atoms with van der Waals surface area (Å²) in [4.78, 5) is 15.2. The highest BCUT2D eigenvalue weighted by Gasteiger charge is 2.20. The van der Waals surface area contributed by atoms with Crippen LogP contribution in [0.4, 0.5) is 0 Å². The van der Waals surface area contributed by atoms with E-state index in [4.69, 9.17) is 11.2 Å². The molecule has 0 amide bonds. The molecule has 1 atom stereocenters. The fourth-order valence-corrected chi connectivity index (χ4v) is 0.990. The van der Waals surface area contributed by atoms with Crippen LogP contribution in [0.25, 0.3) is 0 Å². The first-order chi connectivity index (χ1) is 6.34. The zero-order chi connectivity index (χ0) is 9.52. The van der Waals surface area contributed by atoms with Gasteiger partial charge in [0, 0.05) is 13.0 Å². The van der Waals surface area contributed by atoms with Crippen molar-refractivity contribution in [1.29, 1.82) is 0 Å². The molecule has 1 heterocycles. The van der Waals surface area contributed by atoms with Gasteiger partial charge in [-0.15, -0.1) is 24.8 Å². The van der Waals surface area contributed by atoms with Crippen LogP contribution in [-0.2, 0) is 9.53 Å². The molecule has 1 unspecified atom stereocenters. The molecule has 1 aliphatic heterocycles. The maximum Gasteiger partial charge on any atom is 0.312 e. The molecule has 78 valence electrons. The van der Waals surface area contributed by atoms with E-state index < -0.39 is 0 Å². The summed E-state index contributed by atoms with van der Waals surface area (Å²) < 4.78 is 4.93. The summed E-state index contributed by atoms with van der Waals surface area (Å²) in [7, 11) is 0. The molecular weight excluding hydrogens is 204 g/mol. The number of hydrogen-bond donors (Lipinski definition) is 1. The third-order valence-electron chi connectivity index (χ3n) is 1.70. The largest absolute Gasteiger partial charge is 0.464 e. The normalized spacial score (nSPS) is 18.6. The number of carbonyl (C=O) groups is 1. The van der Waals surface area contributed by atoms with Crippen LogP contribution in [-0.4, -0.2) is 32.0 Å². The molecule has 1 rings (SSSR count). The maximum absolute atomic E-state index is 11.3. The summed E-state index contributed by atoms with van der Waals surface area (Å²) in [6, 6.07) is 0. The number of carbonyl (C=O) groups excluding carboxylic acids is 1. The van der Waals surface area contributed by atoms with Crippen molar-refractivity contribution >= 4 is 24.7 Å². The SMILES string of the molecule is C#CCCOC(=O)C1CN=CNC1.Cl. The molecule has 14 heavy (non-hydrogen) atoms. The third-order valence-corrected chi connectivity index (χ3v) is 1.70. The molecule has 0 fully saturated rings. The zero-order valence-electron chi connectivity index (χ0n) is 7.73. The van der Waals surface area contributed by atoms with Gasteiger partial charge in [-0.1, -0.05) is 0 Å².